The summed E-state index contributed by atoms with van der Waals surface area (Å²) < 4.78 is 28.3. The largest absolute Gasteiger partial charge is 0.394 e. The number of anilines is 1. The van der Waals surface area contributed by atoms with Crippen molar-refractivity contribution in [2.45, 2.75) is 31.8 Å². The number of aliphatic hydroxyl groups is 1. The van der Waals surface area contributed by atoms with Crippen LogP contribution in [0, 0.1) is 23.5 Å². The van der Waals surface area contributed by atoms with Crippen LogP contribution in [-0.4, -0.2) is 69.3 Å². The van der Waals surface area contributed by atoms with Crippen LogP contribution < -0.4 is 16.2 Å². The van der Waals surface area contributed by atoms with Crippen molar-refractivity contribution in [3.8, 4) is 11.8 Å². The van der Waals surface area contributed by atoms with E-state index in [0.29, 0.717) is 17.1 Å². The number of amides is 1. The lowest BCUT2D eigenvalue weighted by atomic mass is 10.1. The Balaban J connectivity index is 1.23. The minimum absolute atomic E-state index is 0.0263. The SMILES string of the molecule is CCN1CCC(Nc2cnc3ccc(C#CCNC(=O)c4cccn(C(CO)c5ccc(F)c(F)c5)c4=O)cc3n2)CC1. The first kappa shape index (κ1) is 29.8. The summed E-state index contributed by atoms with van der Waals surface area (Å²) in [6.07, 6.45) is 5.23. The summed E-state index contributed by atoms with van der Waals surface area (Å²) >= 11 is 0. The summed E-state index contributed by atoms with van der Waals surface area (Å²) in [6.45, 7) is 4.78. The predicted molar refractivity (Wildman–Crippen MR) is 160 cm³/mol. The molecule has 2 aromatic heterocycles. The Morgan fingerprint density at radius 1 is 1.12 bits per heavy atom. The quantitative estimate of drug-likeness (QED) is 0.272. The van der Waals surface area contributed by atoms with Gasteiger partial charge in [0.2, 0.25) is 0 Å². The molecule has 1 fully saturated rings. The number of nitrogens with zero attached hydrogens (tertiary/aromatic N) is 4. The van der Waals surface area contributed by atoms with Crippen LogP contribution in [0.15, 0.2) is 65.7 Å². The maximum absolute atomic E-state index is 13.8. The number of nitrogens with one attached hydrogen (secondary N) is 2. The van der Waals surface area contributed by atoms with Gasteiger partial charge in [0.05, 0.1) is 36.4 Å². The van der Waals surface area contributed by atoms with E-state index in [0.717, 1.165) is 60.5 Å². The Kier molecular flexibility index (Phi) is 9.39. The maximum atomic E-state index is 13.8. The van der Waals surface area contributed by atoms with Gasteiger partial charge < -0.3 is 25.2 Å². The Morgan fingerprint density at radius 3 is 2.67 bits per heavy atom. The van der Waals surface area contributed by atoms with Crippen LogP contribution in [0.5, 0.6) is 0 Å². The lowest BCUT2D eigenvalue weighted by molar-refractivity contribution is 0.0956. The third-order valence-electron chi connectivity index (χ3n) is 7.56. The van der Waals surface area contributed by atoms with E-state index in [2.05, 4.69) is 39.3 Å². The first-order chi connectivity index (χ1) is 20.9. The molecule has 0 radical (unpaired) electrons. The van der Waals surface area contributed by atoms with Gasteiger partial charge in [-0.1, -0.05) is 24.8 Å². The minimum atomic E-state index is -1.10. The summed E-state index contributed by atoms with van der Waals surface area (Å²) in [5.74, 6) is 3.81. The first-order valence-electron chi connectivity index (χ1n) is 14.2. The summed E-state index contributed by atoms with van der Waals surface area (Å²) in [4.78, 5) is 37.5. The summed E-state index contributed by atoms with van der Waals surface area (Å²) in [5.41, 5.74) is 1.47. The molecule has 3 N–H and O–H groups in total. The van der Waals surface area contributed by atoms with Crippen molar-refractivity contribution in [3.05, 3.63) is 99.6 Å². The van der Waals surface area contributed by atoms with Crippen molar-refractivity contribution in [2.75, 3.05) is 38.1 Å². The monoisotopic (exact) mass is 586 g/mol. The number of piperidine rings is 1. The number of likely N-dealkylation sites (tertiary alicyclic amines) is 1. The number of hydrogen-bond acceptors (Lipinski definition) is 7. The highest BCUT2D eigenvalue weighted by Crippen LogP contribution is 2.20. The summed E-state index contributed by atoms with van der Waals surface area (Å²) in [5, 5.41) is 16.0. The van der Waals surface area contributed by atoms with Crippen molar-refractivity contribution < 1.29 is 18.7 Å². The van der Waals surface area contributed by atoms with E-state index in [1.165, 1.54) is 24.4 Å². The molecule has 1 unspecified atom stereocenters. The zero-order chi connectivity index (χ0) is 30.3. The molecule has 2 aromatic carbocycles. The average Bonchev–Trinajstić information content (AvgIpc) is 3.02. The molecule has 11 heteroatoms. The van der Waals surface area contributed by atoms with E-state index in [9.17, 15) is 23.5 Å². The summed E-state index contributed by atoms with van der Waals surface area (Å²) in [7, 11) is 0. The topological polar surface area (TPSA) is 112 Å². The molecule has 5 rings (SSSR count). The van der Waals surface area contributed by atoms with Gasteiger partial charge in [-0.05, 0) is 67.4 Å². The molecule has 0 aliphatic carbocycles. The van der Waals surface area contributed by atoms with Crippen LogP contribution >= 0.6 is 0 Å². The zero-order valence-corrected chi connectivity index (χ0v) is 23.7. The highest BCUT2D eigenvalue weighted by molar-refractivity contribution is 5.94. The zero-order valence-electron chi connectivity index (χ0n) is 23.7. The number of benzene rings is 2. The van der Waals surface area contributed by atoms with Crippen molar-refractivity contribution in [1.82, 2.24) is 24.8 Å². The van der Waals surface area contributed by atoms with Gasteiger partial charge in [-0.3, -0.25) is 14.6 Å². The van der Waals surface area contributed by atoms with Crippen LogP contribution in [0.2, 0.25) is 0 Å². The Hall–Kier alpha value is -4.66. The standard InChI is InChI=1S/C32H32F2N6O3/c1-2-39-15-11-23(12-16-39)37-30-19-36-27-10-7-21(17-28(27)38-30)5-3-13-35-31(42)24-6-4-14-40(32(24)43)29(20-41)22-8-9-25(33)26(34)18-22/h4,6-10,14,17-19,23,29,41H,2,11-13,15-16,20H2,1H3,(H,35,42)(H,37,38). The highest BCUT2D eigenvalue weighted by atomic mass is 19.2. The molecule has 9 nitrogen and oxygen atoms in total. The molecule has 1 aliphatic heterocycles. The fraction of sp³-hybridized carbons (Fsp3) is 0.312. The van der Waals surface area contributed by atoms with Crippen LogP contribution in [-0.2, 0) is 0 Å². The number of hydrogen-bond donors (Lipinski definition) is 3. The molecule has 1 aliphatic rings. The van der Waals surface area contributed by atoms with E-state index in [4.69, 9.17) is 4.98 Å². The molecule has 0 spiro atoms. The fourth-order valence-corrected chi connectivity index (χ4v) is 5.13. The summed E-state index contributed by atoms with van der Waals surface area (Å²) in [6, 6.07) is 10.8. The van der Waals surface area contributed by atoms with Gasteiger partial charge >= 0.3 is 0 Å². The average molecular weight is 587 g/mol. The van der Waals surface area contributed by atoms with Gasteiger partial charge in [0.1, 0.15) is 11.4 Å². The van der Waals surface area contributed by atoms with Gasteiger partial charge in [0.25, 0.3) is 11.5 Å². The lowest BCUT2D eigenvalue weighted by Crippen LogP contribution is -2.39. The second kappa shape index (κ2) is 13.5. The molecule has 4 aromatic rings. The highest BCUT2D eigenvalue weighted by Gasteiger charge is 2.20. The molecule has 0 saturated carbocycles. The number of rotatable bonds is 8. The third-order valence-corrected chi connectivity index (χ3v) is 7.56. The number of halogens is 2. The van der Waals surface area contributed by atoms with Crippen LogP contribution in [0.4, 0.5) is 14.6 Å². The number of carbonyl (C=O) groups excluding carboxylic acids is 1. The van der Waals surface area contributed by atoms with Gasteiger partial charge in [-0.2, -0.15) is 0 Å². The molecular formula is C32H32F2N6O3. The Morgan fingerprint density at radius 2 is 1.93 bits per heavy atom. The van der Waals surface area contributed by atoms with E-state index >= 15 is 0 Å². The van der Waals surface area contributed by atoms with E-state index < -0.39 is 35.7 Å². The van der Waals surface area contributed by atoms with Gasteiger partial charge in [0, 0.05) is 30.9 Å². The molecule has 1 atom stereocenters. The molecule has 222 valence electrons. The van der Waals surface area contributed by atoms with Gasteiger partial charge in [-0.15, -0.1) is 0 Å². The minimum Gasteiger partial charge on any atom is -0.394 e. The van der Waals surface area contributed by atoms with E-state index in [-0.39, 0.29) is 17.7 Å². The lowest BCUT2D eigenvalue weighted by Gasteiger charge is -2.31. The third kappa shape index (κ3) is 7.05. The van der Waals surface area contributed by atoms with Crippen LogP contribution in [0.1, 0.15) is 47.3 Å². The second-order valence-corrected chi connectivity index (χ2v) is 10.3. The molecule has 3 heterocycles. The normalized spacial score (nSPS) is 14.6. The first-order valence-corrected chi connectivity index (χ1v) is 14.2. The fourth-order valence-electron chi connectivity index (χ4n) is 5.13. The van der Waals surface area contributed by atoms with Crippen molar-refractivity contribution in [3.63, 3.8) is 0 Å². The number of carbonyl (C=O) groups is 1. The van der Waals surface area contributed by atoms with Crippen LogP contribution in [0.25, 0.3) is 11.0 Å². The second-order valence-electron chi connectivity index (χ2n) is 10.3. The van der Waals surface area contributed by atoms with Gasteiger partial charge in [-0.25, -0.2) is 13.8 Å². The Bertz CT molecular complexity index is 1740. The van der Waals surface area contributed by atoms with Crippen molar-refractivity contribution in [1.29, 1.82) is 0 Å². The molecule has 0 bridgehead atoms. The van der Waals surface area contributed by atoms with Crippen LogP contribution in [0.3, 0.4) is 0 Å². The van der Waals surface area contributed by atoms with Crippen molar-refractivity contribution >= 4 is 22.8 Å². The maximum Gasteiger partial charge on any atom is 0.264 e. The predicted octanol–water partition coefficient (Wildman–Crippen LogP) is 3.33. The van der Waals surface area contributed by atoms with Gasteiger partial charge in [0.15, 0.2) is 11.6 Å². The molecule has 1 amide bonds. The molecular weight excluding hydrogens is 554 g/mol. The van der Waals surface area contributed by atoms with E-state index in [1.54, 1.807) is 6.20 Å². The number of aliphatic hydroxyl groups excluding tert-OH is 1. The number of aromatic nitrogens is 3. The van der Waals surface area contributed by atoms with E-state index in [1.807, 2.05) is 18.2 Å². The Labute approximate surface area is 247 Å². The van der Waals surface area contributed by atoms with Crippen molar-refractivity contribution in [2.24, 2.45) is 0 Å². The number of pyridine rings is 1. The smallest absolute Gasteiger partial charge is 0.264 e. The molecule has 43 heavy (non-hydrogen) atoms. The number of fused-ring (bicyclic) bond motifs is 1. The molecule has 1 saturated heterocycles.